The molecule has 0 aromatic rings. The van der Waals surface area contributed by atoms with E-state index in [1.54, 1.807) is 0 Å². The van der Waals surface area contributed by atoms with Crippen LogP contribution in [0.3, 0.4) is 0 Å². The first-order valence-electron chi connectivity index (χ1n) is 6.69. The van der Waals surface area contributed by atoms with Crippen molar-refractivity contribution in [1.29, 1.82) is 0 Å². The predicted molar refractivity (Wildman–Crippen MR) is 66.9 cm³/mol. The van der Waals surface area contributed by atoms with Gasteiger partial charge in [0, 0.05) is 13.0 Å². The highest BCUT2D eigenvalue weighted by Gasteiger charge is 2.14. The molecular formula is C13H26O4. The lowest BCUT2D eigenvalue weighted by Gasteiger charge is -2.16. The Kier molecular flexibility index (Phi) is 11.2. The van der Waals surface area contributed by atoms with E-state index in [-0.39, 0.29) is 0 Å². The number of unbranched alkanes of at least 4 members (excludes halogenated alkanes) is 3. The largest absolute Gasteiger partial charge is 0.510 e. The van der Waals surface area contributed by atoms with Gasteiger partial charge in [-0.3, -0.25) is 0 Å². The molecule has 4 nitrogen and oxygen atoms in total. The summed E-state index contributed by atoms with van der Waals surface area (Å²) in [6.45, 7) is 7.01. The average molecular weight is 246 g/mol. The number of ether oxygens (including phenoxy) is 3. The summed E-state index contributed by atoms with van der Waals surface area (Å²) < 4.78 is 15.3. The minimum Gasteiger partial charge on any atom is -0.434 e. The van der Waals surface area contributed by atoms with E-state index in [9.17, 15) is 4.79 Å². The summed E-state index contributed by atoms with van der Waals surface area (Å²) >= 11 is 0. The van der Waals surface area contributed by atoms with Gasteiger partial charge in [-0.15, -0.1) is 0 Å². The zero-order valence-corrected chi connectivity index (χ0v) is 11.4. The molecule has 17 heavy (non-hydrogen) atoms. The van der Waals surface area contributed by atoms with Crippen molar-refractivity contribution in [2.75, 3.05) is 13.2 Å². The average Bonchev–Trinajstić information content (AvgIpc) is 2.29. The molecule has 0 fully saturated rings. The van der Waals surface area contributed by atoms with Gasteiger partial charge in [-0.1, -0.05) is 39.5 Å². The van der Waals surface area contributed by atoms with E-state index in [1.165, 1.54) is 12.8 Å². The van der Waals surface area contributed by atoms with E-state index in [0.717, 1.165) is 19.3 Å². The highest BCUT2D eigenvalue weighted by molar-refractivity contribution is 5.59. The summed E-state index contributed by atoms with van der Waals surface area (Å²) in [5.41, 5.74) is 0. The molecule has 1 unspecified atom stereocenters. The molecule has 1 atom stereocenters. The van der Waals surface area contributed by atoms with Crippen LogP contribution >= 0.6 is 0 Å². The van der Waals surface area contributed by atoms with E-state index in [4.69, 9.17) is 14.2 Å². The van der Waals surface area contributed by atoms with Gasteiger partial charge in [-0.25, -0.2) is 4.79 Å². The van der Waals surface area contributed by atoms with Crippen molar-refractivity contribution >= 4 is 6.16 Å². The van der Waals surface area contributed by atoms with Gasteiger partial charge >= 0.3 is 6.16 Å². The maximum Gasteiger partial charge on any atom is 0.510 e. The molecule has 0 saturated carbocycles. The van der Waals surface area contributed by atoms with Crippen molar-refractivity contribution in [1.82, 2.24) is 0 Å². The molecule has 0 aliphatic carbocycles. The second kappa shape index (κ2) is 11.7. The van der Waals surface area contributed by atoms with E-state index >= 15 is 0 Å². The lowest BCUT2D eigenvalue weighted by molar-refractivity contribution is -0.122. The Morgan fingerprint density at radius 1 is 1.06 bits per heavy atom. The molecule has 0 spiro atoms. The molecular weight excluding hydrogens is 220 g/mol. The van der Waals surface area contributed by atoms with Gasteiger partial charge in [0.05, 0.1) is 6.61 Å². The number of hydrogen-bond acceptors (Lipinski definition) is 4. The first kappa shape index (κ1) is 16.2. The van der Waals surface area contributed by atoms with Crippen LogP contribution in [0, 0.1) is 0 Å². The summed E-state index contributed by atoms with van der Waals surface area (Å²) in [6.07, 6.45) is 4.88. The van der Waals surface area contributed by atoms with Crippen LogP contribution in [0.25, 0.3) is 0 Å². The molecule has 0 N–H and O–H groups in total. The highest BCUT2D eigenvalue weighted by Crippen LogP contribution is 2.06. The minimum absolute atomic E-state index is 0.434. The van der Waals surface area contributed by atoms with Gasteiger partial charge < -0.3 is 14.2 Å². The molecule has 0 rings (SSSR count). The lowest BCUT2D eigenvalue weighted by atomic mass is 10.2. The number of rotatable bonds is 10. The standard InChI is InChI=1S/C13H26O4/c1-4-7-8-9-11-16-13(14)17-12(10-5-2)15-6-3/h12H,4-11H2,1-3H3. The van der Waals surface area contributed by atoms with E-state index in [0.29, 0.717) is 19.6 Å². The number of carbonyl (C=O) groups excluding carboxylic acids is 1. The van der Waals surface area contributed by atoms with Crippen molar-refractivity contribution in [3.8, 4) is 0 Å². The third-order valence-corrected chi connectivity index (χ3v) is 2.32. The molecule has 4 heteroatoms. The molecule has 0 radical (unpaired) electrons. The van der Waals surface area contributed by atoms with E-state index in [1.807, 2.05) is 13.8 Å². The quantitative estimate of drug-likeness (QED) is 0.333. The van der Waals surface area contributed by atoms with Gasteiger partial charge in [0.15, 0.2) is 0 Å². The Bertz CT molecular complexity index is 176. The van der Waals surface area contributed by atoms with Crippen molar-refractivity contribution in [3.05, 3.63) is 0 Å². The van der Waals surface area contributed by atoms with Gasteiger partial charge in [-0.2, -0.15) is 0 Å². The molecule has 102 valence electrons. The van der Waals surface area contributed by atoms with E-state index in [2.05, 4.69) is 6.92 Å². The summed E-state index contributed by atoms with van der Waals surface area (Å²) in [5.74, 6) is 0. The number of carbonyl (C=O) groups is 1. The fourth-order valence-electron chi connectivity index (χ4n) is 1.42. The third kappa shape index (κ3) is 10.1. The maximum absolute atomic E-state index is 11.3. The fraction of sp³-hybridized carbons (Fsp3) is 0.923. The molecule has 0 bridgehead atoms. The second-order valence-electron chi connectivity index (χ2n) is 3.95. The van der Waals surface area contributed by atoms with Crippen molar-refractivity contribution in [2.24, 2.45) is 0 Å². The van der Waals surface area contributed by atoms with Crippen molar-refractivity contribution < 1.29 is 19.0 Å². The molecule has 0 heterocycles. The van der Waals surface area contributed by atoms with Crippen LogP contribution in [0.5, 0.6) is 0 Å². The van der Waals surface area contributed by atoms with Crippen LogP contribution in [0.4, 0.5) is 4.79 Å². The topological polar surface area (TPSA) is 44.8 Å². The summed E-state index contributed by atoms with van der Waals surface area (Å²) in [4.78, 5) is 11.3. The van der Waals surface area contributed by atoms with Gasteiger partial charge in [0.2, 0.25) is 6.29 Å². The molecule has 0 aliphatic heterocycles. The second-order valence-corrected chi connectivity index (χ2v) is 3.95. The van der Waals surface area contributed by atoms with Gasteiger partial charge in [-0.05, 0) is 13.3 Å². The zero-order chi connectivity index (χ0) is 12.9. The Morgan fingerprint density at radius 2 is 1.82 bits per heavy atom. The Labute approximate surface area is 105 Å². The monoisotopic (exact) mass is 246 g/mol. The van der Waals surface area contributed by atoms with Crippen molar-refractivity contribution in [2.45, 2.75) is 65.6 Å². The summed E-state index contributed by atoms with van der Waals surface area (Å²) in [5, 5.41) is 0. The Morgan fingerprint density at radius 3 is 2.41 bits per heavy atom. The molecule has 0 amide bonds. The first-order valence-corrected chi connectivity index (χ1v) is 6.69. The van der Waals surface area contributed by atoms with Crippen LogP contribution in [0.15, 0.2) is 0 Å². The van der Waals surface area contributed by atoms with Crippen LogP contribution in [0.1, 0.15) is 59.3 Å². The fourth-order valence-corrected chi connectivity index (χ4v) is 1.42. The Balaban J connectivity index is 3.59. The third-order valence-electron chi connectivity index (χ3n) is 2.32. The molecule has 0 aromatic heterocycles. The van der Waals surface area contributed by atoms with Crippen molar-refractivity contribution in [3.63, 3.8) is 0 Å². The molecule has 0 aliphatic rings. The lowest BCUT2D eigenvalue weighted by Crippen LogP contribution is -2.22. The SMILES string of the molecule is CCCCCCOC(=O)OC(CCC)OCC. The van der Waals surface area contributed by atoms with Crippen LogP contribution in [-0.4, -0.2) is 25.7 Å². The van der Waals surface area contributed by atoms with Gasteiger partial charge in [0.1, 0.15) is 0 Å². The van der Waals surface area contributed by atoms with Gasteiger partial charge in [0.25, 0.3) is 0 Å². The summed E-state index contributed by atoms with van der Waals surface area (Å²) in [7, 11) is 0. The molecule has 0 saturated heterocycles. The highest BCUT2D eigenvalue weighted by atomic mass is 16.8. The zero-order valence-electron chi connectivity index (χ0n) is 11.4. The van der Waals surface area contributed by atoms with Crippen LogP contribution < -0.4 is 0 Å². The number of hydrogen-bond donors (Lipinski definition) is 0. The van der Waals surface area contributed by atoms with Crippen LogP contribution in [0.2, 0.25) is 0 Å². The minimum atomic E-state index is -0.617. The maximum atomic E-state index is 11.3. The van der Waals surface area contributed by atoms with Crippen LogP contribution in [-0.2, 0) is 14.2 Å². The summed E-state index contributed by atoms with van der Waals surface area (Å²) in [6, 6.07) is 0. The smallest absolute Gasteiger partial charge is 0.434 e. The Hall–Kier alpha value is -0.770. The predicted octanol–water partition coefficient (Wildman–Crippen LogP) is 3.88. The first-order chi connectivity index (χ1) is 8.24. The molecule has 0 aromatic carbocycles. The normalized spacial score (nSPS) is 12.2. The van der Waals surface area contributed by atoms with E-state index < -0.39 is 12.4 Å².